The molecule has 0 heterocycles. The Kier molecular flexibility index (Phi) is 4.89. The summed E-state index contributed by atoms with van der Waals surface area (Å²) in [6.07, 6.45) is 0. The summed E-state index contributed by atoms with van der Waals surface area (Å²) in [6, 6.07) is 16.8. The molecule has 0 fully saturated rings. The summed E-state index contributed by atoms with van der Waals surface area (Å²) in [5.74, 6) is 1.54. The molecule has 0 saturated carbocycles. The minimum absolute atomic E-state index is 0.770. The van der Waals surface area contributed by atoms with Crippen LogP contribution < -0.4 is 0 Å². The molecule has 0 aliphatic carbocycles. The Hall–Kier alpha value is -0.510. The molecule has 0 aromatic heterocycles. The largest absolute Gasteiger partial charge is 0.175 e. The maximum Gasteiger partial charge on any atom is 0.0165 e. The second-order valence-electron chi connectivity index (χ2n) is 3.63. The molecule has 0 saturated heterocycles. The third kappa shape index (κ3) is 3.24. The van der Waals surface area contributed by atoms with Crippen LogP contribution >= 0.6 is 37.0 Å². The van der Waals surface area contributed by atoms with E-state index in [-0.39, 0.29) is 0 Å². The maximum absolute atomic E-state index is 4.37. The molecule has 2 aromatic rings. The highest BCUT2D eigenvalue weighted by Crippen LogP contribution is 2.33. The van der Waals surface area contributed by atoms with Crippen LogP contribution in [0.3, 0.4) is 0 Å². The van der Waals surface area contributed by atoms with E-state index < -0.39 is 0 Å². The lowest BCUT2D eigenvalue weighted by atomic mass is 10.2. The van der Waals surface area contributed by atoms with E-state index in [1.54, 1.807) is 11.8 Å². The van der Waals surface area contributed by atoms with E-state index in [4.69, 9.17) is 0 Å². The van der Waals surface area contributed by atoms with Crippen molar-refractivity contribution in [1.82, 2.24) is 0 Å². The predicted octanol–water partition coefficient (Wildman–Crippen LogP) is 4.70. The van der Waals surface area contributed by atoms with E-state index in [0.29, 0.717) is 0 Å². The third-order valence-corrected chi connectivity index (χ3v) is 4.42. The maximum atomic E-state index is 4.37. The van der Waals surface area contributed by atoms with Gasteiger partial charge >= 0.3 is 0 Å². The van der Waals surface area contributed by atoms with Gasteiger partial charge in [-0.05, 0) is 23.3 Å². The molecule has 0 atom stereocenters. The van der Waals surface area contributed by atoms with Crippen molar-refractivity contribution in [2.45, 2.75) is 21.3 Å². The Morgan fingerprint density at radius 1 is 0.706 bits per heavy atom. The first-order chi connectivity index (χ1) is 8.35. The number of hydrogen-bond donors (Lipinski definition) is 2. The summed E-state index contributed by atoms with van der Waals surface area (Å²) in [5, 5.41) is 0. The van der Waals surface area contributed by atoms with Crippen LogP contribution in [-0.4, -0.2) is 0 Å². The van der Waals surface area contributed by atoms with Gasteiger partial charge in [0.15, 0.2) is 0 Å². The van der Waals surface area contributed by atoms with Crippen LogP contribution in [0.2, 0.25) is 0 Å². The molecule has 0 spiro atoms. The van der Waals surface area contributed by atoms with Gasteiger partial charge in [0.2, 0.25) is 0 Å². The lowest BCUT2D eigenvalue weighted by Crippen LogP contribution is -1.86. The fourth-order valence-electron chi connectivity index (χ4n) is 1.59. The summed E-state index contributed by atoms with van der Waals surface area (Å²) in [5.41, 5.74) is 2.55. The molecule has 0 unspecified atom stereocenters. The molecule has 2 aromatic carbocycles. The van der Waals surface area contributed by atoms with Crippen molar-refractivity contribution < 1.29 is 0 Å². The molecule has 17 heavy (non-hydrogen) atoms. The third-order valence-electron chi connectivity index (χ3n) is 2.51. The van der Waals surface area contributed by atoms with E-state index in [1.165, 1.54) is 20.9 Å². The van der Waals surface area contributed by atoms with Crippen molar-refractivity contribution in [3.05, 3.63) is 59.7 Å². The van der Waals surface area contributed by atoms with E-state index >= 15 is 0 Å². The minimum atomic E-state index is 0.770. The van der Waals surface area contributed by atoms with Gasteiger partial charge in [-0.1, -0.05) is 48.2 Å². The lowest BCUT2D eigenvalue weighted by Gasteiger charge is -2.09. The summed E-state index contributed by atoms with van der Waals surface area (Å²) < 4.78 is 0. The minimum Gasteiger partial charge on any atom is -0.175 e. The number of thiol groups is 2. The Balaban J connectivity index is 2.31. The van der Waals surface area contributed by atoms with Crippen molar-refractivity contribution in [1.29, 1.82) is 0 Å². The Morgan fingerprint density at radius 2 is 1.12 bits per heavy atom. The van der Waals surface area contributed by atoms with Crippen molar-refractivity contribution >= 4 is 37.0 Å². The lowest BCUT2D eigenvalue weighted by molar-refractivity contribution is 1.24. The standard InChI is InChI=1S/C14H14S3/c15-9-11-5-1-3-7-13(11)17-14-8-4-2-6-12(14)10-16/h1-8,15-16H,9-10H2. The Labute approximate surface area is 118 Å². The molecular weight excluding hydrogens is 264 g/mol. The summed E-state index contributed by atoms with van der Waals surface area (Å²) in [6.45, 7) is 0. The van der Waals surface area contributed by atoms with E-state index in [1.807, 2.05) is 0 Å². The molecule has 0 amide bonds. The second-order valence-corrected chi connectivity index (χ2v) is 5.35. The summed E-state index contributed by atoms with van der Waals surface area (Å²) in [4.78, 5) is 2.55. The van der Waals surface area contributed by atoms with Gasteiger partial charge in [0.1, 0.15) is 0 Å². The number of benzene rings is 2. The van der Waals surface area contributed by atoms with E-state index in [9.17, 15) is 0 Å². The normalized spacial score (nSPS) is 10.5. The molecule has 3 heteroatoms. The molecular formula is C14H14S3. The second kappa shape index (κ2) is 6.43. The Morgan fingerprint density at radius 3 is 1.53 bits per heavy atom. The highest BCUT2D eigenvalue weighted by Gasteiger charge is 2.05. The molecule has 0 aliphatic heterocycles. The SMILES string of the molecule is SCc1ccccc1Sc1ccccc1CS. The highest BCUT2D eigenvalue weighted by molar-refractivity contribution is 7.99. The van der Waals surface area contributed by atoms with Crippen molar-refractivity contribution in [3.8, 4) is 0 Å². The van der Waals surface area contributed by atoms with Crippen LogP contribution in [0, 0.1) is 0 Å². The zero-order chi connectivity index (χ0) is 12.1. The fraction of sp³-hybridized carbons (Fsp3) is 0.143. The molecule has 88 valence electrons. The quantitative estimate of drug-likeness (QED) is 0.765. The van der Waals surface area contributed by atoms with Crippen molar-refractivity contribution in [2.24, 2.45) is 0 Å². The fourth-order valence-corrected chi connectivity index (χ4v) is 3.42. The first-order valence-corrected chi connectivity index (χ1v) is 7.48. The van der Waals surface area contributed by atoms with Gasteiger partial charge in [-0.3, -0.25) is 0 Å². The molecule has 0 N–H and O–H groups in total. The molecule has 0 nitrogen and oxygen atoms in total. The van der Waals surface area contributed by atoms with Crippen molar-refractivity contribution in [3.63, 3.8) is 0 Å². The monoisotopic (exact) mass is 278 g/mol. The predicted molar refractivity (Wildman–Crippen MR) is 82.4 cm³/mol. The number of hydrogen-bond acceptors (Lipinski definition) is 3. The number of rotatable bonds is 4. The highest BCUT2D eigenvalue weighted by atomic mass is 32.2. The van der Waals surface area contributed by atoms with Gasteiger partial charge in [0.05, 0.1) is 0 Å². The van der Waals surface area contributed by atoms with Crippen LogP contribution in [0.15, 0.2) is 58.3 Å². The smallest absolute Gasteiger partial charge is 0.0165 e. The molecule has 0 radical (unpaired) electrons. The van der Waals surface area contributed by atoms with E-state index in [0.717, 1.165) is 11.5 Å². The zero-order valence-electron chi connectivity index (χ0n) is 9.34. The average Bonchev–Trinajstić information content (AvgIpc) is 2.40. The summed E-state index contributed by atoms with van der Waals surface area (Å²) in [7, 11) is 0. The zero-order valence-corrected chi connectivity index (χ0v) is 11.9. The first-order valence-electron chi connectivity index (χ1n) is 5.40. The van der Waals surface area contributed by atoms with Gasteiger partial charge in [0, 0.05) is 21.3 Å². The Bertz CT molecular complexity index is 449. The topological polar surface area (TPSA) is 0 Å². The van der Waals surface area contributed by atoms with Crippen LogP contribution in [0.25, 0.3) is 0 Å². The van der Waals surface area contributed by atoms with Crippen LogP contribution in [0.4, 0.5) is 0 Å². The van der Waals surface area contributed by atoms with Crippen LogP contribution in [0.5, 0.6) is 0 Å². The molecule has 2 rings (SSSR count). The van der Waals surface area contributed by atoms with Gasteiger partial charge in [0.25, 0.3) is 0 Å². The van der Waals surface area contributed by atoms with Gasteiger partial charge < -0.3 is 0 Å². The van der Waals surface area contributed by atoms with Gasteiger partial charge in [-0.25, -0.2) is 0 Å². The van der Waals surface area contributed by atoms with Gasteiger partial charge in [-0.2, -0.15) is 25.3 Å². The van der Waals surface area contributed by atoms with Crippen LogP contribution in [-0.2, 0) is 11.5 Å². The van der Waals surface area contributed by atoms with Crippen LogP contribution in [0.1, 0.15) is 11.1 Å². The molecule has 0 aliphatic rings. The summed E-state index contributed by atoms with van der Waals surface area (Å²) >= 11 is 10.5. The van der Waals surface area contributed by atoms with Gasteiger partial charge in [-0.15, -0.1) is 0 Å². The first kappa shape index (κ1) is 12.9. The van der Waals surface area contributed by atoms with Crippen molar-refractivity contribution in [2.75, 3.05) is 0 Å². The molecule has 0 bridgehead atoms. The average molecular weight is 278 g/mol. The van der Waals surface area contributed by atoms with E-state index in [2.05, 4.69) is 73.8 Å².